The first-order chi connectivity index (χ1) is 13.7. The van der Waals surface area contributed by atoms with E-state index in [1.807, 2.05) is 12.3 Å². The number of nitrogens with zero attached hydrogens (tertiary/aromatic N) is 2. The lowest BCUT2D eigenvalue weighted by atomic mass is 10.0. The third kappa shape index (κ3) is 4.54. The summed E-state index contributed by atoms with van der Waals surface area (Å²) in [6.07, 6.45) is 4.99. The summed E-state index contributed by atoms with van der Waals surface area (Å²) in [5, 5.41) is 3.12. The fraction of sp³-hybridized carbons (Fsp3) is 0.429. The van der Waals surface area contributed by atoms with Crippen molar-refractivity contribution in [3.05, 3.63) is 48.3 Å². The van der Waals surface area contributed by atoms with Crippen LogP contribution in [0.4, 0.5) is 0 Å². The van der Waals surface area contributed by atoms with Gasteiger partial charge in [-0.25, -0.2) is 0 Å². The maximum atomic E-state index is 12.5. The topological polar surface area (TPSA) is 72.9 Å². The number of hydrogen-bond acceptors (Lipinski definition) is 6. The Morgan fingerprint density at radius 3 is 2.89 bits per heavy atom. The van der Waals surface area contributed by atoms with E-state index in [4.69, 9.17) is 14.2 Å². The highest BCUT2D eigenvalue weighted by atomic mass is 16.7. The summed E-state index contributed by atoms with van der Waals surface area (Å²) in [6, 6.07) is 9.57. The van der Waals surface area contributed by atoms with Crippen LogP contribution in [0.1, 0.15) is 25.3 Å². The molecular formula is C21H25N3O4. The number of amides is 1. The van der Waals surface area contributed by atoms with Gasteiger partial charge in [0.1, 0.15) is 5.75 Å². The van der Waals surface area contributed by atoms with Gasteiger partial charge in [-0.05, 0) is 43.5 Å². The summed E-state index contributed by atoms with van der Waals surface area (Å²) in [5.41, 5.74) is 1.22. The number of benzene rings is 1. The molecule has 2 aliphatic heterocycles. The SMILES string of the molecule is C[C@H](Oc1ccc2c(c1)OCO2)C(=O)NC1CCN(Cc2cccnc2)CC1. The summed E-state index contributed by atoms with van der Waals surface area (Å²) in [4.78, 5) is 19.1. The molecule has 4 rings (SSSR count). The van der Waals surface area contributed by atoms with Crippen molar-refractivity contribution in [2.24, 2.45) is 0 Å². The monoisotopic (exact) mass is 383 g/mol. The van der Waals surface area contributed by atoms with Gasteiger partial charge in [-0.3, -0.25) is 14.7 Å². The lowest BCUT2D eigenvalue weighted by Gasteiger charge is -2.32. The molecule has 1 aromatic carbocycles. The molecule has 1 fully saturated rings. The molecule has 1 saturated heterocycles. The first kappa shape index (κ1) is 18.6. The second-order valence-corrected chi connectivity index (χ2v) is 7.20. The number of nitrogens with one attached hydrogen (secondary N) is 1. The maximum Gasteiger partial charge on any atom is 0.260 e. The zero-order chi connectivity index (χ0) is 19.3. The molecule has 2 aliphatic rings. The van der Waals surface area contributed by atoms with Gasteiger partial charge < -0.3 is 19.5 Å². The predicted octanol–water partition coefficient (Wildman–Crippen LogP) is 2.36. The maximum absolute atomic E-state index is 12.5. The minimum atomic E-state index is -0.575. The van der Waals surface area contributed by atoms with Crippen LogP contribution in [0.2, 0.25) is 0 Å². The van der Waals surface area contributed by atoms with E-state index < -0.39 is 6.10 Å². The Morgan fingerprint density at radius 1 is 1.29 bits per heavy atom. The van der Waals surface area contributed by atoms with E-state index in [1.165, 1.54) is 5.56 Å². The second kappa shape index (κ2) is 8.48. The van der Waals surface area contributed by atoms with Crippen molar-refractivity contribution in [1.82, 2.24) is 15.2 Å². The van der Waals surface area contributed by atoms with Gasteiger partial charge in [0.15, 0.2) is 17.6 Å². The van der Waals surface area contributed by atoms with E-state index >= 15 is 0 Å². The molecule has 0 unspecified atom stereocenters. The summed E-state index contributed by atoms with van der Waals surface area (Å²) in [5.74, 6) is 1.84. The first-order valence-corrected chi connectivity index (χ1v) is 9.65. The number of ether oxygens (including phenoxy) is 3. The van der Waals surface area contributed by atoms with Gasteiger partial charge in [0.2, 0.25) is 6.79 Å². The van der Waals surface area contributed by atoms with Crippen LogP contribution in [-0.2, 0) is 11.3 Å². The van der Waals surface area contributed by atoms with Crippen LogP contribution in [0.5, 0.6) is 17.2 Å². The molecule has 7 heteroatoms. The summed E-state index contributed by atoms with van der Waals surface area (Å²) in [7, 11) is 0. The fourth-order valence-corrected chi connectivity index (χ4v) is 3.51. The Labute approximate surface area is 164 Å². The number of carbonyl (C=O) groups is 1. The molecule has 148 valence electrons. The summed E-state index contributed by atoms with van der Waals surface area (Å²) < 4.78 is 16.4. The van der Waals surface area contributed by atoms with Crippen molar-refractivity contribution < 1.29 is 19.0 Å². The van der Waals surface area contributed by atoms with Gasteiger partial charge in [0, 0.05) is 44.1 Å². The standard InChI is InChI=1S/C21H25N3O4/c1-15(28-18-4-5-19-20(11-18)27-14-26-19)21(25)23-17-6-9-24(10-7-17)13-16-3-2-8-22-12-16/h2-5,8,11-12,15,17H,6-7,9-10,13-14H2,1H3,(H,23,25)/t15-/m0/s1. The quantitative estimate of drug-likeness (QED) is 0.826. The molecule has 0 bridgehead atoms. The highest BCUT2D eigenvalue weighted by Gasteiger charge is 2.24. The average molecular weight is 383 g/mol. The minimum absolute atomic E-state index is 0.0941. The number of aromatic nitrogens is 1. The fourth-order valence-electron chi connectivity index (χ4n) is 3.51. The Kier molecular flexibility index (Phi) is 5.62. The molecule has 28 heavy (non-hydrogen) atoms. The molecule has 1 aromatic heterocycles. The number of hydrogen-bond donors (Lipinski definition) is 1. The number of likely N-dealkylation sites (tertiary alicyclic amines) is 1. The van der Waals surface area contributed by atoms with E-state index in [1.54, 1.807) is 31.3 Å². The zero-order valence-electron chi connectivity index (χ0n) is 16.0. The van der Waals surface area contributed by atoms with Crippen LogP contribution in [0.25, 0.3) is 0 Å². The summed E-state index contributed by atoms with van der Waals surface area (Å²) >= 11 is 0. The Bertz CT molecular complexity index is 807. The van der Waals surface area contributed by atoms with Gasteiger partial charge in [-0.2, -0.15) is 0 Å². The number of carbonyl (C=O) groups excluding carboxylic acids is 1. The van der Waals surface area contributed by atoms with Crippen molar-refractivity contribution in [3.63, 3.8) is 0 Å². The van der Waals surface area contributed by atoms with Gasteiger partial charge in [0.25, 0.3) is 5.91 Å². The molecule has 2 aromatic rings. The van der Waals surface area contributed by atoms with Crippen molar-refractivity contribution in [2.45, 2.75) is 38.5 Å². The summed E-state index contributed by atoms with van der Waals surface area (Å²) in [6.45, 7) is 4.79. The molecule has 0 saturated carbocycles. The minimum Gasteiger partial charge on any atom is -0.481 e. The van der Waals surface area contributed by atoms with Crippen LogP contribution >= 0.6 is 0 Å². The lowest BCUT2D eigenvalue weighted by Crippen LogP contribution is -2.47. The third-order valence-electron chi connectivity index (χ3n) is 5.09. The Morgan fingerprint density at radius 2 is 2.11 bits per heavy atom. The Hall–Kier alpha value is -2.80. The molecule has 1 amide bonds. The molecule has 3 heterocycles. The normalized spacial score (nSPS) is 17.9. The van der Waals surface area contributed by atoms with Crippen LogP contribution in [0.15, 0.2) is 42.7 Å². The number of pyridine rings is 1. The van der Waals surface area contributed by atoms with Crippen LogP contribution in [-0.4, -0.2) is 47.8 Å². The second-order valence-electron chi connectivity index (χ2n) is 7.20. The zero-order valence-corrected chi connectivity index (χ0v) is 16.0. The molecule has 0 radical (unpaired) electrons. The van der Waals surface area contributed by atoms with Crippen LogP contribution < -0.4 is 19.5 Å². The van der Waals surface area contributed by atoms with Gasteiger partial charge in [-0.1, -0.05) is 6.07 Å². The highest BCUT2D eigenvalue weighted by molar-refractivity contribution is 5.81. The number of piperidine rings is 1. The van der Waals surface area contributed by atoms with Crippen molar-refractivity contribution in [1.29, 1.82) is 0 Å². The molecule has 1 atom stereocenters. The van der Waals surface area contributed by atoms with E-state index in [9.17, 15) is 4.79 Å². The van der Waals surface area contributed by atoms with Gasteiger partial charge in [-0.15, -0.1) is 0 Å². The smallest absolute Gasteiger partial charge is 0.260 e. The van der Waals surface area contributed by atoms with Crippen LogP contribution in [0.3, 0.4) is 0 Å². The van der Waals surface area contributed by atoms with Crippen molar-refractivity contribution in [3.8, 4) is 17.2 Å². The van der Waals surface area contributed by atoms with Crippen molar-refractivity contribution >= 4 is 5.91 Å². The van der Waals surface area contributed by atoms with Gasteiger partial charge >= 0.3 is 0 Å². The predicted molar refractivity (Wildman–Crippen MR) is 103 cm³/mol. The van der Waals surface area contributed by atoms with Crippen LogP contribution in [0, 0.1) is 0 Å². The molecule has 1 N–H and O–H groups in total. The average Bonchev–Trinajstić information content (AvgIpc) is 3.18. The highest BCUT2D eigenvalue weighted by Crippen LogP contribution is 2.35. The first-order valence-electron chi connectivity index (χ1n) is 9.65. The molecule has 7 nitrogen and oxygen atoms in total. The lowest BCUT2D eigenvalue weighted by molar-refractivity contribution is -0.128. The van der Waals surface area contributed by atoms with E-state index in [-0.39, 0.29) is 18.7 Å². The van der Waals surface area contributed by atoms with E-state index in [2.05, 4.69) is 21.3 Å². The third-order valence-corrected chi connectivity index (χ3v) is 5.09. The Balaban J connectivity index is 1.23. The van der Waals surface area contributed by atoms with E-state index in [0.717, 1.165) is 32.5 Å². The molecular weight excluding hydrogens is 358 g/mol. The van der Waals surface area contributed by atoms with Crippen molar-refractivity contribution in [2.75, 3.05) is 19.9 Å². The number of fused-ring (bicyclic) bond motifs is 1. The van der Waals surface area contributed by atoms with E-state index in [0.29, 0.717) is 17.2 Å². The van der Waals surface area contributed by atoms with Gasteiger partial charge in [0.05, 0.1) is 0 Å². The molecule has 0 aliphatic carbocycles. The molecule has 0 spiro atoms. The largest absolute Gasteiger partial charge is 0.481 e. The number of rotatable bonds is 6.